The summed E-state index contributed by atoms with van der Waals surface area (Å²) in [5.74, 6) is 1.13. The van der Waals surface area contributed by atoms with Gasteiger partial charge in [0.05, 0.1) is 6.61 Å². The molecule has 0 spiro atoms. The van der Waals surface area contributed by atoms with Gasteiger partial charge in [0.15, 0.2) is 0 Å². The van der Waals surface area contributed by atoms with Gasteiger partial charge in [-0.2, -0.15) is 0 Å². The highest BCUT2D eigenvalue weighted by Crippen LogP contribution is 2.40. The third-order valence-electron chi connectivity index (χ3n) is 6.05. The number of allylic oxidation sites excluding steroid dienone is 2. The van der Waals surface area contributed by atoms with Crippen molar-refractivity contribution < 1.29 is 13.9 Å². The Labute approximate surface area is 185 Å². The number of halogens is 1. The number of nitrogens with one attached hydrogen (secondary N) is 1. The fourth-order valence-electron chi connectivity index (χ4n) is 4.24. The highest BCUT2D eigenvalue weighted by atomic mass is 19.1. The Morgan fingerprint density at radius 3 is 2.77 bits per heavy atom. The zero-order valence-electron chi connectivity index (χ0n) is 19.0. The van der Waals surface area contributed by atoms with Gasteiger partial charge in [0.1, 0.15) is 17.9 Å². The predicted molar refractivity (Wildman–Crippen MR) is 125 cm³/mol. The smallest absolute Gasteiger partial charge is 0.146 e. The molecule has 164 valence electrons. The highest BCUT2D eigenvalue weighted by Gasteiger charge is 2.24. The van der Waals surface area contributed by atoms with Crippen molar-refractivity contribution in [3.63, 3.8) is 0 Å². The summed E-state index contributed by atoms with van der Waals surface area (Å²) in [6.45, 7) is 11.0. The molecule has 0 saturated carbocycles. The lowest BCUT2D eigenvalue weighted by Crippen LogP contribution is -2.12. The van der Waals surface area contributed by atoms with Crippen molar-refractivity contribution in [1.29, 1.82) is 0 Å². The quantitative estimate of drug-likeness (QED) is 0.353. The molecule has 0 aliphatic carbocycles. The number of carbonyl (C=O) groups excluding carboxylic acids is 1. The number of hydrogen-bond donors (Lipinski definition) is 1. The Bertz CT molecular complexity index is 1020. The van der Waals surface area contributed by atoms with E-state index in [1.54, 1.807) is 13.1 Å². The van der Waals surface area contributed by atoms with Crippen LogP contribution in [0.1, 0.15) is 47.6 Å². The first-order chi connectivity index (χ1) is 14.8. The topological polar surface area (TPSA) is 38.3 Å². The van der Waals surface area contributed by atoms with Crippen LogP contribution >= 0.6 is 0 Å². The number of fused-ring (bicyclic) bond motifs is 1. The molecule has 2 aromatic carbocycles. The lowest BCUT2D eigenvalue weighted by Gasteiger charge is -2.22. The number of carbonyl (C=O) groups is 1. The molecule has 31 heavy (non-hydrogen) atoms. The van der Waals surface area contributed by atoms with E-state index in [1.165, 1.54) is 6.07 Å². The Hall–Kier alpha value is -2.88. The minimum absolute atomic E-state index is 0.244. The van der Waals surface area contributed by atoms with Crippen LogP contribution in [-0.2, 0) is 17.6 Å². The molecule has 4 heteroatoms. The number of aldehydes is 1. The summed E-state index contributed by atoms with van der Waals surface area (Å²) in [7, 11) is 1.80. The van der Waals surface area contributed by atoms with Crippen LogP contribution in [0.2, 0.25) is 0 Å². The van der Waals surface area contributed by atoms with E-state index in [-0.39, 0.29) is 5.82 Å². The predicted octanol–water partition coefficient (Wildman–Crippen LogP) is 5.72. The summed E-state index contributed by atoms with van der Waals surface area (Å²) in [6, 6.07) is 9.29. The van der Waals surface area contributed by atoms with Crippen LogP contribution in [0.15, 0.2) is 48.2 Å². The van der Waals surface area contributed by atoms with E-state index in [1.807, 2.05) is 19.9 Å². The molecule has 1 aliphatic rings. The lowest BCUT2D eigenvalue weighted by molar-refractivity contribution is -0.105. The third kappa shape index (κ3) is 5.07. The Morgan fingerprint density at radius 1 is 1.29 bits per heavy atom. The maximum absolute atomic E-state index is 14.3. The fourth-order valence-corrected chi connectivity index (χ4v) is 4.24. The van der Waals surface area contributed by atoms with Gasteiger partial charge in [0.2, 0.25) is 0 Å². The highest BCUT2D eigenvalue weighted by molar-refractivity contribution is 5.96. The van der Waals surface area contributed by atoms with Crippen molar-refractivity contribution in [3.05, 3.63) is 81.8 Å². The van der Waals surface area contributed by atoms with E-state index in [9.17, 15) is 9.18 Å². The molecule has 1 aliphatic heterocycles. The van der Waals surface area contributed by atoms with Crippen LogP contribution < -0.4 is 10.1 Å². The molecule has 0 fully saturated rings. The molecule has 3 nitrogen and oxygen atoms in total. The van der Waals surface area contributed by atoms with E-state index in [0.717, 1.165) is 52.7 Å². The SMILES string of the molecule is C=C(NC)/C(=C(\C=O)CCc1cc(C)ccc1F)c1c(C)ccc2c1OCCC(C)C2. The summed E-state index contributed by atoms with van der Waals surface area (Å²) >= 11 is 0. The van der Waals surface area contributed by atoms with Crippen LogP contribution in [0.5, 0.6) is 5.75 Å². The van der Waals surface area contributed by atoms with Crippen molar-refractivity contribution in [1.82, 2.24) is 5.32 Å². The van der Waals surface area contributed by atoms with E-state index in [4.69, 9.17) is 4.74 Å². The summed E-state index contributed by atoms with van der Waals surface area (Å²) in [5, 5.41) is 3.11. The fraction of sp³-hybridized carbons (Fsp3) is 0.370. The van der Waals surface area contributed by atoms with Gasteiger partial charge < -0.3 is 10.1 Å². The zero-order valence-corrected chi connectivity index (χ0v) is 19.0. The molecule has 2 aromatic rings. The van der Waals surface area contributed by atoms with E-state index >= 15 is 0 Å². The maximum atomic E-state index is 14.3. The molecule has 0 radical (unpaired) electrons. The Kier molecular flexibility index (Phi) is 7.32. The van der Waals surface area contributed by atoms with Gasteiger partial charge in [-0.25, -0.2) is 4.39 Å². The number of aryl methyl sites for hydroxylation is 3. The first-order valence-corrected chi connectivity index (χ1v) is 10.9. The second-order valence-corrected chi connectivity index (χ2v) is 8.53. The summed E-state index contributed by atoms with van der Waals surface area (Å²) < 4.78 is 20.5. The monoisotopic (exact) mass is 421 g/mol. The minimum Gasteiger partial charge on any atom is -0.493 e. The zero-order chi connectivity index (χ0) is 22.5. The lowest BCUT2D eigenvalue weighted by atomic mass is 9.87. The number of benzene rings is 2. The molecular formula is C27H32FNO2. The largest absolute Gasteiger partial charge is 0.493 e. The first-order valence-electron chi connectivity index (χ1n) is 10.9. The first kappa shape index (κ1) is 22.8. The molecule has 0 aromatic heterocycles. The summed E-state index contributed by atoms with van der Waals surface area (Å²) in [4.78, 5) is 12.3. The summed E-state index contributed by atoms with van der Waals surface area (Å²) in [6.07, 6.45) is 3.66. The number of ether oxygens (including phenoxy) is 1. The van der Waals surface area contributed by atoms with Gasteiger partial charge in [-0.1, -0.05) is 43.3 Å². The van der Waals surface area contributed by atoms with Crippen LogP contribution in [-0.4, -0.2) is 19.9 Å². The number of rotatable bonds is 7. The van der Waals surface area contributed by atoms with Crippen molar-refractivity contribution in [2.45, 2.75) is 46.5 Å². The van der Waals surface area contributed by atoms with Gasteiger partial charge in [0, 0.05) is 29.5 Å². The van der Waals surface area contributed by atoms with Crippen LogP contribution in [0.3, 0.4) is 0 Å². The van der Waals surface area contributed by atoms with Crippen LogP contribution in [0, 0.1) is 25.6 Å². The molecule has 0 bridgehead atoms. The average Bonchev–Trinajstić information content (AvgIpc) is 2.94. The number of hydrogen-bond acceptors (Lipinski definition) is 3. The van der Waals surface area contributed by atoms with E-state index in [2.05, 4.69) is 31.0 Å². The van der Waals surface area contributed by atoms with Crippen molar-refractivity contribution in [3.8, 4) is 5.75 Å². The van der Waals surface area contributed by atoms with E-state index in [0.29, 0.717) is 42.2 Å². The normalized spacial score (nSPS) is 16.5. The molecule has 1 unspecified atom stereocenters. The van der Waals surface area contributed by atoms with Gasteiger partial charge >= 0.3 is 0 Å². The van der Waals surface area contributed by atoms with E-state index < -0.39 is 0 Å². The van der Waals surface area contributed by atoms with Crippen molar-refractivity contribution >= 4 is 11.9 Å². The van der Waals surface area contributed by atoms with Crippen LogP contribution in [0.4, 0.5) is 4.39 Å². The second-order valence-electron chi connectivity index (χ2n) is 8.53. The molecular weight excluding hydrogens is 389 g/mol. The molecule has 3 rings (SSSR count). The van der Waals surface area contributed by atoms with Crippen molar-refractivity contribution in [2.24, 2.45) is 5.92 Å². The van der Waals surface area contributed by atoms with Gasteiger partial charge in [-0.15, -0.1) is 0 Å². The summed E-state index contributed by atoms with van der Waals surface area (Å²) in [5.41, 5.74) is 6.72. The van der Waals surface area contributed by atoms with Gasteiger partial charge in [0.25, 0.3) is 0 Å². The second kappa shape index (κ2) is 9.95. The van der Waals surface area contributed by atoms with Crippen molar-refractivity contribution in [2.75, 3.05) is 13.7 Å². The molecule has 1 atom stereocenters. The average molecular weight is 422 g/mol. The Balaban J connectivity index is 2.11. The molecule has 1 N–H and O–H groups in total. The van der Waals surface area contributed by atoms with Gasteiger partial charge in [-0.3, -0.25) is 4.79 Å². The number of likely N-dealkylation sites (N-methyl/N-ethyl adjacent to an activating group) is 1. The molecule has 0 amide bonds. The standard InChI is InChI=1S/C27H32FNO2/c1-17-6-11-24(28)21(14-17)9-10-23(16-30)26(20(4)29-5)25-19(3)7-8-22-15-18(2)12-13-31-27(22)25/h6-8,11,14,16,18,29H,4,9-10,12-13,15H2,1-3,5H3/b26-23+. The van der Waals surface area contributed by atoms with Gasteiger partial charge in [-0.05, 0) is 68.2 Å². The van der Waals surface area contributed by atoms with Crippen LogP contribution in [0.25, 0.3) is 5.57 Å². The maximum Gasteiger partial charge on any atom is 0.146 e. The minimum atomic E-state index is -0.244. The molecule has 0 saturated heterocycles. The third-order valence-corrected chi connectivity index (χ3v) is 6.05. The molecule has 1 heterocycles. The Morgan fingerprint density at radius 2 is 2.06 bits per heavy atom.